The van der Waals surface area contributed by atoms with Gasteiger partial charge in [-0.05, 0) is 97.6 Å². The van der Waals surface area contributed by atoms with Gasteiger partial charge in [0.2, 0.25) is 0 Å². The number of hydrogen-bond donors (Lipinski definition) is 0. The summed E-state index contributed by atoms with van der Waals surface area (Å²) in [6.45, 7) is -9.93. The van der Waals surface area contributed by atoms with Crippen LogP contribution in [0, 0.1) is 29.1 Å². The zero-order chi connectivity index (χ0) is 40.4. The normalized spacial score (nSPS) is 35.4. The Morgan fingerprint density at radius 1 is 0.762 bits per heavy atom. The van der Waals surface area contributed by atoms with Crippen LogP contribution in [-0.2, 0) is 22.4 Å². The Balaban J connectivity index is 0.000000317. The average Bonchev–Trinajstić information content (AvgIpc) is 3.58. The van der Waals surface area contributed by atoms with E-state index < -0.39 is 61.3 Å². The maximum atomic E-state index is 9.08. The van der Waals surface area contributed by atoms with Gasteiger partial charge in [0, 0.05) is 54.2 Å². The Hall–Kier alpha value is -2.13. The van der Waals surface area contributed by atoms with Crippen LogP contribution in [0.5, 0.6) is 0 Å². The maximum absolute atomic E-state index is 9.08. The predicted molar refractivity (Wildman–Crippen MR) is 172 cm³/mol. The Labute approximate surface area is 288 Å². The molecule has 0 saturated heterocycles. The molecule has 225 valence electrons. The molecule has 4 bridgehead atoms. The number of rotatable bonds is 3. The van der Waals surface area contributed by atoms with E-state index in [0.29, 0.717) is 18.3 Å². The Bertz CT molecular complexity index is 1980. The monoisotopic (exact) mass is 754 g/mol. The molecule has 9 rings (SSSR count). The molecule has 4 saturated carbocycles. The molecule has 2 heterocycles. The van der Waals surface area contributed by atoms with Crippen LogP contribution in [0.25, 0.3) is 21.8 Å². The third-order valence-corrected chi connectivity index (χ3v) is 10.4. The summed E-state index contributed by atoms with van der Waals surface area (Å²) in [5.74, 6) is -4.70. The van der Waals surface area contributed by atoms with Crippen molar-refractivity contribution in [2.24, 2.45) is 29.1 Å². The summed E-state index contributed by atoms with van der Waals surface area (Å²) in [5, 5.41) is 2.50. The number of benzene rings is 3. The van der Waals surface area contributed by atoms with E-state index in [2.05, 4.69) is 47.6 Å². The minimum atomic E-state index is -3.42. The molecular weight excluding hydrogens is 693 g/mol. The minimum Gasteiger partial charge on any atom is -0.657 e. The molecule has 3 heteroatoms. The minimum absolute atomic E-state index is 0. The van der Waals surface area contributed by atoms with E-state index in [4.69, 9.17) is 19.2 Å². The van der Waals surface area contributed by atoms with Crippen LogP contribution in [0.4, 0.5) is 5.69 Å². The van der Waals surface area contributed by atoms with E-state index in [0.717, 1.165) is 54.9 Å². The van der Waals surface area contributed by atoms with Gasteiger partial charge in [-0.2, -0.15) is 0 Å². The van der Waals surface area contributed by atoms with E-state index >= 15 is 0 Å². The second-order valence-electron chi connectivity index (χ2n) is 13.4. The molecule has 42 heavy (non-hydrogen) atoms. The van der Waals surface area contributed by atoms with Gasteiger partial charge < -0.3 is 9.56 Å². The number of fused-ring (bicyclic) bond motifs is 3. The molecule has 0 unspecified atom stereocenters. The summed E-state index contributed by atoms with van der Waals surface area (Å²) in [6.07, 6.45) is 9.45. The quantitative estimate of drug-likeness (QED) is 0.116. The van der Waals surface area contributed by atoms with Crippen molar-refractivity contribution < 1.29 is 46.1 Å². The molecule has 1 radical (unpaired) electrons. The van der Waals surface area contributed by atoms with Crippen molar-refractivity contribution >= 4 is 33.7 Å². The third-order valence-electron chi connectivity index (χ3n) is 10.4. The molecule has 3 aromatic carbocycles. The molecule has 4 fully saturated rings. The first-order valence-corrected chi connectivity index (χ1v) is 14.9. The van der Waals surface area contributed by atoms with E-state index in [-0.39, 0.29) is 39.9 Å². The van der Waals surface area contributed by atoms with Crippen LogP contribution in [0.15, 0.2) is 66.7 Å². The molecule has 1 aliphatic heterocycles. The van der Waals surface area contributed by atoms with Crippen molar-refractivity contribution in [3.63, 3.8) is 0 Å². The van der Waals surface area contributed by atoms with Gasteiger partial charge in [0.05, 0.1) is 5.69 Å². The maximum Gasteiger partial charge on any atom is 0.129 e. The second-order valence-corrected chi connectivity index (χ2v) is 13.4. The molecule has 1 spiro atoms. The van der Waals surface area contributed by atoms with Crippen molar-refractivity contribution in [3.8, 4) is 0 Å². The molecule has 1 aromatic heterocycles. The van der Waals surface area contributed by atoms with Gasteiger partial charge in [-0.15, -0.1) is 11.0 Å². The zero-order valence-electron chi connectivity index (χ0n) is 38.1. The third kappa shape index (κ3) is 4.86. The summed E-state index contributed by atoms with van der Waals surface area (Å²) in [6, 6.07) is 20.0. The Kier molecular flexibility index (Phi) is 4.59. The first kappa shape index (κ1) is 17.4. The first-order valence-electron chi connectivity index (χ1n) is 21.9. The van der Waals surface area contributed by atoms with Crippen molar-refractivity contribution in [2.75, 3.05) is 0 Å². The van der Waals surface area contributed by atoms with Gasteiger partial charge >= 0.3 is 0 Å². The molecule has 0 N–H and O–H groups in total. The number of nitrogens with zero attached hydrogens (tertiary/aromatic N) is 2. The average molecular weight is 755 g/mol. The van der Waals surface area contributed by atoms with Crippen molar-refractivity contribution in [1.82, 2.24) is 4.98 Å². The molecule has 4 aliphatic carbocycles. The van der Waals surface area contributed by atoms with Crippen LogP contribution in [0.1, 0.15) is 122 Å². The number of para-hydroxylation sites is 3. The van der Waals surface area contributed by atoms with Gasteiger partial charge in [-0.1, -0.05) is 105 Å². The molecule has 0 atom stereocenters. The van der Waals surface area contributed by atoms with Gasteiger partial charge in [0.25, 0.3) is 0 Å². The van der Waals surface area contributed by atoms with Crippen molar-refractivity contribution in [1.29, 1.82) is 0 Å². The molecule has 2 nitrogen and oxygen atoms in total. The smallest absolute Gasteiger partial charge is 0.129 e. The van der Waals surface area contributed by atoms with Crippen LogP contribution >= 0.6 is 0 Å². The number of aromatic nitrogens is 1. The van der Waals surface area contributed by atoms with Crippen LogP contribution in [0.3, 0.4) is 0 Å². The fourth-order valence-electron chi connectivity index (χ4n) is 8.96. The van der Waals surface area contributed by atoms with Crippen LogP contribution in [0.2, 0.25) is 0 Å². The summed E-state index contributed by atoms with van der Waals surface area (Å²) in [4.78, 5) is 4.52. The van der Waals surface area contributed by atoms with Crippen LogP contribution < -0.4 is 4.98 Å². The Morgan fingerprint density at radius 3 is 1.76 bits per heavy atom. The SMILES string of the molecule is [2H]C([2H])([2H])C([2H])(c1cccc(C([2H])(C([2H])([2H])[2H])C([2H])([2H])[2H])c1[N+]1=[C-]C2(CC1(C)C)C1CC3CC(C1)CC2C3)C([2H])([2H])[2H].[Au].c1ccc2c(c1)[n-]c1ccccc12. The first-order chi connectivity index (χ1) is 25.3. The van der Waals surface area contributed by atoms with Gasteiger partial charge in [0.15, 0.2) is 0 Å². The van der Waals surface area contributed by atoms with E-state index in [1.54, 1.807) is 4.58 Å². The fraction of sp³-hybridized carbons (Fsp3) is 0.513. The second kappa shape index (κ2) is 11.1. The van der Waals surface area contributed by atoms with E-state index in [9.17, 15) is 0 Å². The summed E-state index contributed by atoms with van der Waals surface area (Å²) < 4.78 is 118. The van der Waals surface area contributed by atoms with E-state index in [1.807, 2.05) is 26.0 Å². The molecule has 0 amide bonds. The van der Waals surface area contributed by atoms with Gasteiger partial charge in [-0.25, -0.2) is 0 Å². The van der Waals surface area contributed by atoms with Crippen molar-refractivity contribution in [2.45, 2.75) is 97.1 Å². The fourth-order valence-corrected chi connectivity index (χ4v) is 8.96. The van der Waals surface area contributed by atoms with Gasteiger partial charge in [0.1, 0.15) is 5.54 Å². The molecule has 4 aromatic rings. The van der Waals surface area contributed by atoms with E-state index in [1.165, 1.54) is 17.2 Å². The largest absolute Gasteiger partial charge is 0.657 e. The summed E-state index contributed by atoms with van der Waals surface area (Å²) in [7, 11) is 0. The van der Waals surface area contributed by atoms with Gasteiger partial charge in [-0.3, -0.25) is 0 Å². The zero-order valence-corrected chi connectivity index (χ0v) is 26.3. The molecule has 5 aliphatic rings. The standard InChI is InChI=1S/C27H39N.C12H8N.Au/c1-17(2)23-8-7-9-24(18(3)4)25(23)28-16-27(15-26(28,5)6)21-11-19-10-20(13-21)14-22(27)12-19;1-3-7-11-9(5-1)10-6-2-4-8-12(10)13-11;/h7-9,17-22H,10-15H2,1-6H3;1-8H;/q;-1;/i1D3,2D3,3D3,4D3,17D,18D;;. The predicted octanol–water partition coefficient (Wildman–Crippen LogP) is 10.1. The summed E-state index contributed by atoms with van der Waals surface area (Å²) >= 11 is 0. The topological polar surface area (TPSA) is 17.1 Å². The number of hydrogen-bond acceptors (Lipinski definition) is 0. The van der Waals surface area contributed by atoms with Crippen molar-refractivity contribution in [3.05, 3.63) is 77.9 Å². The summed E-state index contributed by atoms with van der Waals surface area (Å²) in [5.41, 5.74) is -0.575. The Morgan fingerprint density at radius 2 is 1.26 bits per heavy atom. The van der Waals surface area contributed by atoms with Crippen LogP contribution in [-0.4, -0.2) is 16.3 Å². The molecular formula is C39H47AuN2-.